The lowest BCUT2D eigenvalue weighted by molar-refractivity contribution is -0.132. The second-order valence-electron chi connectivity index (χ2n) is 8.29. The number of benzene rings is 3. The molecule has 0 aromatic heterocycles. The van der Waals surface area contributed by atoms with E-state index >= 15 is 0 Å². The van der Waals surface area contributed by atoms with Crippen LogP contribution < -0.4 is 19.1 Å². The molecule has 1 aliphatic rings. The molecule has 0 aliphatic carbocycles. The maximum absolute atomic E-state index is 14.9. The van der Waals surface area contributed by atoms with Crippen molar-refractivity contribution in [2.45, 2.75) is 19.9 Å². The van der Waals surface area contributed by atoms with Crippen LogP contribution in [-0.2, 0) is 9.59 Å². The summed E-state index contributed by atoms with van der Waals surface area (Å²) in [5, 5.41) is 11.4. The standard InChI is InChI=1S/C28H25F2NO6/c1-5-37-23-13-16(6-11-22(23)36-4)25-24(26(32)19-9-8-18(35-3)12-15(19)2)27(33)28(34)31(25)21-10-7-17(29)14-20(21)30/h6-14,25,32H,5H2,1-4H3/b26-24+. The van der Waals surface area contributed by atoms with E-state index in [9.17, 15) is 23.5 Å². The molecule has 1 atom stereocenters. The number of aryl methyl sites for hydroxylation is 1. The van der Waals surface area contributed by atoms with Gasteiger partial charge in [-0.2, -0.15) is 0 Å². The molecule has 1 saturated heterocycles. The smallest absolute Gasteiger partial charge is 0.300 e. The van der Waals surface area contributed by atoms with E-state index < -0.39 is 35.1 Å². The normalized spacial score (nSPS) is 16.7. The van der Waals surface area contributed by atoms with Crippen LogP contribution in [0.15, 0.2) is 60.2 Å². The first-order chi connectivity index (χ1) is 17.7. The summed E-state index contributed by atoms with van der Waals surface area (Å²) in [7, 11) is 2.96. The topological polar surface area (TPSA) is 85.3 Å². The number of hydrogen-bond acceptors (Lipinski definition) is 6. The molecule has 9 heteroatoms. The van der Waals surface area contributed by atoms with Crippen molar-refractivity contribution in [1.29, 1.82) is 0 Å². The van der Waals surface area contributed by atoms with Crippen LogP contribution in [-0.4, -0.2) is 37.6 Å². The molecule has 192 valence electrons. The van der Waals surface area contributed by atoms with Crippen molar-refractivity contribution < 1.29 is 37.7 Å². The number of carbonyl (C=O) groups is 2. The van der Waals surface area contributed by atoms with Gasteiger partial charge in [0.1, 0.15) is 23.1 Å². The summed E-state index contributed by atoms with van der Waals surface area (Å²) in [6.45, 7) is 3.79. The fourth-order valence-corrected chi connectivity index (χ4v) is 4.38. The highest BCUT2D eigenvalue weighted by atomic mass is 19.1. The van der Waals surface area contributed by atoms with E-state index in [1.807, 2.05) is 0 Å². The number of amides is 1. The van der Waals surface area contributed by atoms with Gasteiger partial charge in [0, 0.05) is 11.6 Å². The average Bonchev–Trinajstić information content (AvgIpc) is 3.14. The number of anilines is 1. The molecule has 0 bridgehead atoms. The molecule has 7 nitrogen and oxygen atoms in total. The van der Waals surface area contributed by atoms with Gasteiger partial charge in [0.15, 0.2) is 11.5 Å². The zero-order chi connectivity index (χ0) is 26.9. The molecule has 0 saturated carbocycles. The van der Waals surface area contributed by atoms with Crippen LogP contribution in [0.4, 0.5) is 14.5 Å². The van der Waals surface area contributed by atoms with Gasteiger partial charge >= 0.3 is 0 Å². The Hall–Kier alpha value is -4.40. The number of ketones is 1. The number of hydrogen-bond donors (Lipinski definition) is 1. The number of aliphatic hydroxyl groups excluding tert-OH is 1. The molecule has 1 fully saturated rings. The summed E-state index contributed by atoms with van der Waals surface area (Å²) in [4.78, 5) is 27.6. The first-order valence-corrected chi connectivity index (χ1v) is 11.4. The van der Waals surface area contributed by atoms with E-state index in [0.717, 1.165) is 17.0 Å². The van der Waals surface area contributed by atoms with Crippen molar-refractivity contribution in [2.75, 3.05) is 25.7 Å². The van der Waals surface area contributed by atoms with Gasteiger partial charge in [-0.15, -0.1) is 0 Å². The van der Waals surface area contributed by atoms with Gasteiger partial charge < -0.3 is 19.3 Å². The van der Waals surface area contributed by atoms with E-state index in [1.54, 1.807) is 50.2 Å². The molecule has 1 unspecified atom stereocenters. The second kappa shape index (κ2) is 10.3. The van der Waals surface area contributed by atoms with Crippen LogP contribution in [0.2, 0.25) is 0 Å². The van der Waals surface area contributed by atoms with Crippen LogP contribution in [0.25, 0.3) is 5.76 Å². The molecule has 3 aromatic carbocycles. The van der Waals surface area contributed by atoms with E-state index in [2.05, 4.69) is 0 Å². The summed E-state index contributed by atoms with van der Waals surface area (Å²) >= 11 is 0. The van der Waals surface area contributed by atoms with E-state index in [1.165, 1.54) is 14.2 Å². The summed E-state index contributed by atoms with van der Waals surface area (Å²) in [6, 6.07) is 11.0. The fourth-order valence-electron chi connectivity index (χ4n) is 4.38. The van der Waals surface area contributed by atoms with Gasteiger partial charge in [-0.1, -0.05) is 6.07 Å². The Labute approximate surface area is 212 Å². The Morgan fingerprint density at radius 3 is 2.35 bits per heavy atom. The third-order valence-electron chi connectivity index (χ3n) is 6.11. The monoisotopic (exact) mass is 509 g/mol. The highest BCUT2D eigenvalue weighted by Crippen LogP contribution is 2.45. The van der Waals surface area contributed by atoms with E-state index in [-0.39, 0.29) is 11.3 Å². The number of halogens is 2. The van der Waals surface area contributed by atoms with Gasteiger partial charge in [-0.3, -0.25) is 14.5 Å². The lowest BCUT2D eigenvalue weighted by Crippen LogP contribution is -2.30. The number of Topliss-reactive ketones (excluding diaryl/α,β-unsaturated/α-hetero) is 1. The summed E-state index contributed by atoms with van der Waals surface area (Å²) < 4.78 is 44.8. The molecule has 3 aromatic rings. The summed E-state index contributed by atoms with van der Waals surface area (Å²) in [5.41, 5.74) is 0.656. The zero-order valence-corrected chi connectivity index (χ0v) is 20.7. The van der Waals surface area contributed by atoms with Crippen molar-refractivity contribution >= 4 is 23.1 Å². The summed E-state index contributed by atoms with van der Waals surface area (Å²) in [6.07, 6.45) is 0. The minimum absolute atomic E-state index is 0.255. The van der Waals surface area contributed by atoms with Crippen LogP contribution in [0.1, 0.15) is 29.7 Å². The number of methoxy groups -OCH3 is 2. The first-order valence-electron chi connectivity index (χ1n) is 11.4. The van der Waals surface area contributed by atoms with Crippen molar-refractivity contribution in [2.24, 2.45) is 0 Å². The van der Waals surface area contributed by atoms with Crippen molar-refractivity contribution in [1.82, 2.24) is 0 Å². The Morgan fingerprint density at radius 1 is 0.973 bits per heavy atom. The third-order valence-corrected chi connectivity index (χ3v) is 6.11. The average molecular weight is 510 g/mol. The first kappa shape index (κ1) is 25.7. The maximum atomic E-state index is 14.9. The molecule has 1 aliphatic heterocycles. The van der Waals surface area contributed by atoms with Crippen molar-refractivity contribution in [3.05, 3.63) is 88.5 Å². The van der Waals surface area contributed by atoms with E-state index in [0.29, 0.717) is 46.6 Å². The van der Waals surface area contributed by atoms with Crippen LogP contribution in [0.5, 0.6) is 17.2 Å². The van der Waals surface area contributed by atoms with Crippen molar-refractivity contribution in [3.8, 4) is 17.2 Å². The number of aliphatic hydroxyl groups is 1. The Bertz CT molecular complexity index is 1420. The number of nitrogens with zero attached hydrogens (tertiary/aromatic N) is 1. The number of ether oxygens (including phenoxy) is 3. The zero-order valence-electron chi connectivity index (χ0n) is 20.7. The number of carbonyl (C=O) groups excluding carboxylic acids is 2. The molecule has 4 rings (SSSR count). The summed E-state index contributed by atoms with van der Waals surface area (Å²) in [5.74, 6) is -3.14. The molecule has 37 heavy (non-hydrogen) atoms. The minimum Gasteiger partial charge on any atom is -0.507 e. The molecule has 1 heterocycles. The van der Waals surface area contributed by atoms with E-state index in [4.69, 9.17) is 14.2 Å². The quantitative estimate of drug-likeness (QED) is 0.264. The fraction of sp³-hybridized carbons (Fsp3) is 0.214. The highest BCUT2D eigenvalue weighted by Gasteiger charge is 2.48. The van der Waals surface area contributed by atoms with Gasteiger partial charge in [0.25, 0.3) is 11.7 Å². The molecular formula is C28H25F2NO6. The van der Waals surface area contributed by atoms with Crippen LogP contribution in [0.3, 0.4) is 0 Å². The predicted octanol–water partition coefficient (Wildman–Crippen LogP) is 5.32. The SMILES string of the molecule is CCOc1cc(C2/C(=C(\O)c3ccc(OC)cc3C)C(=O)C(=O)N2c2ccc(F)cc2F)ccc1OC. The maximum Gasteiger partial charge on any atom is 0.300 e. The van der Waals surface area contributed by atoms with Gasteiger partial charge in [0.05, 0.1) is 38.1 Å². The third kappa shape index (κ3) is 4.60. The number of rotatable bonds is 7. The van der Waals surface area contributed by atoms with Gasteiger partial charge in [0.2, 0.25) is 0 Å². The minimum atomic E-state index is -1.24. The lowest BCUT2D eigenvalue weighted by atomic mass is 9.93. The van der Waals surface area contributed by atoms with Gasteiger partial charge in [-0.05, 0) is 67.4 Å². The van der Waals surface area contributed by atoms with Crippen LogP contribution >= 0.6 is 0 Å². The molecule has 0 radical (unpaired) electrons. The molecule has 0 spiro atoms. The van der Waals surface area contributed by atoms with Gasteiger partial charge in [-0.25, -0.2) is 8.78 Å². The second-order valence-corrected chi connectivity index (χ2v) is 8.29. The molecular weight excluding hydrogens is 484 g/mol. The predicted molar refractivity (Wildman–Crippen MR) is 133 cm³/mol. The van der Waals surface area contributed by atoms with Crippen LogP contribution in [0, 0.1) is 18.6 Å². The Balaban J connectivity index is 2.00. The lowest BCUT2D eigenvalue weighted by Gasteiger charge is -2.26. The molecule has 1 amide bonds. The highest BCUT2D eigenvalue weighted by molar-refractivity contribution is 6.51. The van der Waals surface area contributed by atoms with Crippen molar-refractivity contribution in [3.63, 3.8) is 0 Å². The Morgan fingerprint density at radius 2 is 1.73 bits per heavy atom. The Kier molecular flexibility index (Phi) is 7.15. The molecule has 1 N–H and O–H groups in total. The largest absolute Gasteiger partial charge is 0.507 e.